The van der Waals surface area contributed by atoms with Gasteiger partial charge in [0.05, 0.1) is 6.61 Å². The fourth-order valence-electron chi connectivity index (χ4n) is 1.28. The second kappa shape index (κ2) is 3.15. The highest BCUT2D eigenvalue weighted by atomic mass is 17.1. The maximum Gasteiger partial charge on any atom is 0.0974 e. The summed E-state index contributed by atoms with van der Waals surface area (Å²) in [6, 6.07) is 0.440. The molecule has 0 aromatic rings. The first-order valence-corrected chi connectivity index (χ1v) is 3.31. The summed E-state index contributed by atoms with van der Waals surface area (Å²) in [5.74, 6) is 0. The maximum atomic E-state index is 8.12. The van der Waals surface area contributed by atoms with Crippen LogP contribution in [0.2, 0.25) is 0 Å². The first-order chi connectivity index (χ1) is 4.34. The van der Waals surface area contributed by atoms with E-state index in [0.29, 0.717) is 12.6 Å². The molecule has 1 rings (SSSR count). The lowest BCUT2D eigenvalue weighted by Crippen LogP contribution is -2.28. The average Bonchev–Trinajstić information content (AvgIpc) is 2.18. The van der Waals surface area contributed by atoms with Crippen LogP contribution in [0.15, 0.2) is 0 Å². The van der Waals surface area contributed by atoms with E-state index in [1.165, 1.54) is 6.42 Å². The molecular formula is C6H13NO2. The van der Waals surface area contributed by atoms with Crippen molar-refractivity contribution >= 4 is 0 Å². The van der Waals surface area contributed by atoms with E-state index in [9.17, 15) is 0 Å². The molecule has 1 unspecified atom stereocenters. The minimum atomic E-state index is 0.440. The molecule has 0 radical (unpaired) electrons. The van der Waals surface area contributed by atoms with Gasteiger partial charge in [-0.15, -0.1) is 0 Å². The maximum absolute atomic E-state index is 8.12. The van der Waals surface area contributed by atoms with E-state index in [2.05, 4.69) is 16.8 Å². The zero-order valence-electron chi connectivity index (χ0n) is 5.71. The lowest BCUT2D eigenvalue weighted by molar-refractivity contribution is -0.249. The lowest BCUT2D eigenvalue weighted by Gasteiger charge is -2.16. The Labute approximate surface area is 55.2 Å². The number of likely N-dealkylation sites (N-methyl/N-ethyl adjacent to an activating group) is 1. The Morgan fingerprint density at radius 3 is 3.00 bits per heavy atom. The zero-order valence-corrected chi connectivity index (χ0v) is 5.71. The number of nitrogens with zero attached hydrogens (tertiary/aromatic N) is 1. The van der Waals surface area contributed by atoms with Crippen LogP contribution in [-0.4, -0.2) is 36.4 Å². The summed E-state index contributed by atoms with van der Waals surface area (Å²) in [6.07, 6.45) is 2.38. The van der Waals surface area contributed by atoms with Gasteiger partial charge in [-0.25, -0.2) is 4.89 Å². The van der Waals surface area contributed by atoms with Crippen LogP contribution in [-0.2, 0) is 4.89 Å². The SMILES string of the molecule is CN1CCCC1COO. The van der Waals surface area contributed by atoms with E-state index < -0.39 is 0 Å². The predicted octanol–water partition coefficient (Wildman–Crippen LogP) is 0.570. The minimum absolute atomic E-state index is 0.440. The van der Waals surface area contributed by atoms with Crippen molar-refractivity contribution in [2.75, 3.05) is 20.2 Å². The Morgan fingerprint density at radius 2 is 2.56 bits per heavy atom. The van der Waals surface area contributed by atoms with Crippen molar-refractivity contribution in [3.8, 4) is 0 Å². The second-order valence-electron chi connectivity index (χ2n) is 2.57. The Morgan fingerprint density at radius 1 is 1.78 bits per heavy atom. The molecule has 54 valence electrons. The van der Waals surface area contributed by atoms with Gasteiger partial charge < -0.3 is 4.90 Å². The van der Waals surface area contributed by atoms with Gasteiger partial charge >= 0.3 is 0 Å². The quantitative estimate of drug-likeness (QED) is 0.439. The van der Waals surface area contributed by atoms with Gasteiger partial charge in [-0.2, -0.15) is 0 Å². The van der Waals surface area contributed by atoms with Gasteiger partial charge in [0.15, 0.2) is 0 Å². The molecule has 0 aliphatic carbocycles. The summed E-state index contributed by atoms with van der Waals surface area (Å²) in [5, 5.41) is 8.12. The highest BCUT2D eigenvalue weighted by Gasteiger charge is 2.20. The average molecular weight is 131 g/mol. The van der Waals surface area contributed by atoms with Crippen molar-refractivity contribution in [1.82, 2.24) is 4.90 Å². The lowest BCUT2D eigenvalue weighted by atomic mass is 10.2. The molecule has 3 heteroatoms. The summed E-state index contributed by atoms with van der Waals surface area (Å²) >= 11 is 0. The molecule has 0 spiro atoms. The van der Waals surface area contributed by atoms with Crippen LogP contribution >= 0.6 is 0 Å². The van der Waals surface area contributed by atoms with E-state index in [1.54, 1.807) is 0 Å². The molecule has 1 aliphatic rings. The van der Waals surface area contributed by atoms with Crippen LogP contribution in [0.5, 0.6) is 0 Å². The normalized spacial score (nSPS) is 29.3. The van der Waals surface area contributed by atoms with Crippen molar-refractivity contribution in [3.63, 3.8) is 0 Å². The van der Waals surface area contributed by atoms with E-state index in [4.69, 9.17) is 5.26 Å². The molecule has 1 saturated heterocycles. The molecule has 9 heavy (non-hydrogen) atoms. The molecule has 0 saturated carbocycles. The molecule has 0 aromatic carbocycles. The summed E-state index contributed by atoms with van der Waals surface area (Å²) in [5.41, 5.74) is 0. The van der Waals surface area contributed by atoms with Crippen LogP contribution in [0.4, 0.5) is 0 Å². The van der Waals surface area contributed by atoms with Gasteiger partial charge in [-0.05, 0) is 26.4 Å². The molecule has 0 amide bonds. The Hall–Kier alpha value is -0.120. The van der Waals surface area contributed by atoms with Crippen molar-refractivity contribution in [2.24, 2.45) is 0 Å². The molecule has 1 aliphatic heterocycles. The number of likely N-dealkylation sites (tertiary alicyclic amines) is 1. The zero-order chi connectivity index (χ0) is 6.69. The van der Waals surface area contributed by atoms with Crippen LogP contribution in [0.3, 0.4) is 0 Å². The first kappa shape index (κ1) is 6.99. The van der Waals surface area contributed by atoms with Gasteiger partial charge in [0.2, 0.25) is 0 Å². The molecule has 1 atom stereocenters. The topological polar surface area (TPSA) is 32.7 Å². The third-order valence-corrected chi connectivity index (χ3v) is 1.94. The van der Waals surface area contributed by atoms with Crippen molar-refractivity contribution < 1.29 is 10.1 Å². The molecule has 1 N–H and O–H groups in total. The summed E-state index contributed by atoms with van der Waals surface area (Å²) in [6.45, 7) is 1.59. The molecule has 0 bridgehead atoms. The molecule has 0 aromatic heterocycles. The highest BCUT2D eigenvalue weighted by molar-refractivity contribution is 4.74. The fourth-order valence-corrected chi connectivity index (χ4v) is 1.28. The van der Waals surface area contributed by atoms with Crippen LogP contribution in [0.1, 0.15) is 12.8 Å². The van der Waals surface area contributed by atoms with E-state index in [-0.39, 0.29) is 0 Å². The van der Waals surface area contributed by atoms with Gasteiger partial charge in [0.25, 0.3) is 0 Å². The molecular weight excluding hydrogens is 118 g/mol. The Balaban J connectivity index is 2.22. The van der Waals surface area contributed by atoms with Gasteiger partial charge in [0.1, 0.15) is 0 Å². The van der Waals surface area contributed by atoms with Crippen LogP contribution in [0, 0.1) is 0 Å². The largest absolute Gasteiger partial charge is 0.301 e. The standard InChI is InChI=1S/C6H13NO2/c1-7-4-2-3-6(7)5-9-8/h6,8H,2-5H2,1H3. The summed E-state index contributed by atoms with van der Waals surface area (Å²) in [4.78, 5) is 6.26. The fraction of sp³-hybridized carbons (Fsp3) is 1.00. The van der Waals surface area contributed by atoms with Crippen molar-refractivity contribution in [3.05, 3.63) is 0 Å². The van der Waals surface area contributed by atoms with Crippen LogP contribution in [0.25, 0.3) is 0 Å². The Bertz CT molecular complexity index is 87.1. The van der Waals surface area contributed by atoms with Crippen LogP contribution < -0.4 is 0 Å². The first-order valence-electron chi connectivity index (χ1n) is 3.31. The summed E-state index contributed by atoms with van der Waals surface area (Å²) in [7, 11) is 2.05. The number of rotatable bonds is 2. The van der Waals surface area contributed by atoms with Crippen molar-refractivity contribution in [2.45, 2.75) is 18.9 Å². The monoisotopic (exact) mass is 131 g/mol. The Kier molecular flexibility index (Phi) is 2.45. The molecule has 1 heterocycles. The van der Waals surface area contributed by atoms with Crippen molar-refractivity contribution in [1.29, 1.82) is 0 Å². The van der Waals surface area contributed by atoms with Gasteiger partial charge in [-0.1, -0.05) is 0 Å². The van der Waals surface area contributed by atoms with E-state index in [1.807, 2.05) is 0 Å². The molecule has 3 nitrogen and oxygen atoms in total. The third kappa shape index (κ3) is 1.64. The highest BCUT2D eigenvalue weighted by Crippen LogP contribution is 2.13. The predicted molar refractivity (Wildman–Crippen MR) is 34.2 cm³/mol. The number of hydrogen-bond acceptors (Lipinski definition) is 3. The van der Waals surface area contributed by atoms with Gasteiger partial charge in [0, 0.05) is 6.04 Å². The number of hydrogen-bond donors (Lipinski definition) is 1. The van der Waals surface area contributed by atoms with E-state index >= 15 is 0 Å². The smallest absolute Gasteiger partial charge is 0.0974 e. The van der Waals surface area contributed by atoms with E-state index in [0.717, 1.165) is 13.0 Å². The summed E-state index contributed by atoms with van der Waals surface area (Å²) < 4.78 is 0. The van der Waals surface area contributed by atoms with Gasteiger partial charge in [-0.3, -0.25) is 5.26 Å². The molecule has 1 fully saturated rings. The second-order valence-corrected chi connectivity index (χ2v) is 2.57. The minimum Gasteiger partial charge on any atom is -0.301 e. The third-order valence-electron chi connectivity index (χ3n) is 1.94.